The highest BCUT2D eigenvalue weighted by molar-refractivity contribution is 6.03. The summed E-state index contributed by atoms with van der Waals surface area (Å²) in [7, 11) is 1.80. The van der Waals surface area contributed by atoms with Gasteiger partial charge in [0, 0.05) is 55.9 Å². The number of aromatic nitrogens is 2. The summed E-state index contributed by atoms with van der Waals surface area (Å²) >= 11 is 0. The first-order valence-electron chi connectivity index (χ1n) is 18.0. The average molecular weight is 708 g/mol. The molecule has 2 saturated heterocycles. The van der Waals surface area contributed by atoms with E-state index in [0.29, 0.717) is 48.9 Å². The standard InChI is InChI=1S/C37H45F3N8O3/c1-46-33-26(4-2-6-27(33)31(44-46)28-13-14-30(49)43-35(28)50)5-3-17-51-37(42)15-16-47(22-36(37,40)18-23-7-8-23)19-24-9-11-25(12-10-24)20-48-21-29(41)32(45-48)34(38)39/h2,4,6,20-21,23-25,28,34H,7-19,22,41-42H2,1H3/p+1/b48-20-/t24?,25?,28?,36-,37-/m1/s1. The second kappa shape index (κ2) is 14.2. The lowest BCUT2D eigenvalue weighted by Crippen LogP contribution is -2.69. The predicted molar refractivity (Wildman–Crippen MR) is 185 cm³/mol. The van der Waals surface area contributed by atoms with Gasteiger partial charge in [-0.05, 0) is 56.4 Å². The van der Waals surface area contributed by atoms with E-state index in [1.165, 1.54) is 10.9 Å². The zero-order valence-electron chi connectivity index (χ0n) is 28.9. The molecule has 3 aliphatic heterocycles. The van der Waals surface area contributed by atoms with Crippen LogP contribution in [0.1, 0.15) is 81.4 Å². The van der Waals surface area contributed by atoms with Gasteiger partial charge in [-0.1, -0.05) is 41.5 Å². The molecule has 0 spiro atoms. The maximum absolute atomic E-state index is 17.1. The van der Waals surface area contributed by atoms with Crippen molar-refractivity contribution in [1.82, 2.24) is 20.0 Å². The van der Waals surface area contributed by atoms with Crippen LogP contribution < -0.4 is 16.8 Å². The SMILES string of the molecule is Cn1nc(C2CCC(=O)NC2=O)c2cccc(C#CCO[C@]3(N)CCN(CC4CCC(/C=[N+]5/C=C(N)C(C(F)F)=N5)CC4)C[C@]3(F)CC3CC3)c21. The van der Waals surface area contributed by atoms with Crippen molar-refractivity contribution in [3.05, 3.63) is 41.4 Å². The van der Waals surface area contributed by atoms with Crippen molar-refractivity contribution in [2.75, 3.05) is 26.2 Å². The summed E-state index contributed by atoms with van der Waals surface area (Å²) in [5.41, 5.74) is 11.0. The number of benzene rings is 1. The molecule has 3 atom stereocenters. The number of carbonyl (C=O) groups is 2. The summed E-state index contributed by atoms with van der Waals surface area (Å²) in [6.45, 7) is 1.56. The van der Waals surface area contributed by atoms with Crippen LogP contribution in [0.4, 0.5) is 13.2 Å². The fourth-order valence-corrected chi connectivity index (χ4v) is 8.23. The number of piperidine rings is 2. The molecule has 1 aromatic carbocycles. The number of rotatable bonds is 9. The molecule has 2 aliphatic carbocycles. The lowest BCUT2D eigenvalue weighted by molar-refractivity contribution is -0.456. The molecule has 11 nitrogen and oxygen atoms in total. The first kappa shape index (κ1) is 35.3. The normalized spacial score (nSPS) is 31.1. The van der Waals surface area contributed by atoms with Gasteiger partial charge in [-0.25, -0.2) is 13.2 Å². The van der Waals surface area contributed by atoms with Gasteiger partial charge in [0.2, 0.25) is 23.7 Å². The van der Waals surface area contributed by atoms with E-state index in [1.54, 1.807) is 11.7 Å². The monoisotopic (exact) mass is 707 g/mol. The second-order valence-corrected chi connectivity index (χ2v) is 15.0. The Morgan fingerprint density at radius 3 is 2.63 bits per heavy atom. The highest BCUT2D eigenvalue weighted by atomic mass is 19.3. The molecular formula is C37H46F3N8O3+. The van der Waals surface area contributed by atoms with Gasteiger partial charge in [-0.2, -0.15) is 5.10 Å². The molecular weight excluding hydrogens is 661 g/mol. The van der Waals surface area contributed by atoms with Gasteiger partial charge in [-0.15, -0.1) is 0 Å². The van der Waals surface area contributed by atoms with Crippen LogP contribution >= 0.6 is 0 Å². The first-order valence-corrected chi connectivity index (χ1v) is 18.0. The van der Waals surface area contributed by atoms with Crippen LogP contribution in [-0.4, -0.2) is 87.2 Å². The van der Waals surface area contributed by atoms with Crippen molar-refractivity contribution in [2.24, 2.45) is 41.4 Å². The Morgan fingerprint density at radius 2 is 1.92 bits per heavy atom. The second-order valence-electron chi connectivity index (χ2n) is 15.0. The third kappa shape index (κ3) is 7.47. The van der Waals surface area contributed by atoms with E-state index in [9.17, 15) is 18.4 Å². The van der Waals surface area contributed by atoms with Crippen molar-refractivity contribution >= 4 is 34.6 Å². The minimum absolute atomic E-state index is 0.00244. The highest BCUT2D eigenvalue weighted by Crippen LogP contribution is 2.46. The fourth-order valence-electron chi connectivity index (χ4n) is 8.23. The summed E-state index contributed by atoms with van der Waals surface area (Å²) in [4.78, 5) is 26.5. The number of aryl methyl sites for hydroxylation is 1. The summed E-state index contributed by atoms with van der Waals surface area (Å²) in [6.07, 6.45) is 7.70. The van der Waals surface area contributed by atoms with E-state index in [-0.39, 0.29) is 48.7 Å². The number of ether oxygens (including phenoxy) is 1. The lowest BCUT2D eigenvalue weighted by atomic mass is 9.79. The van der Waals surface area contributed by atoms with Crippen LogP contribution in [0.2, 0.25) is 0 Å². The van der Waals surface area contributed by atoms with Gasteiger partial charge < -0.3 is 16.2 Å². The zero-order valence-corrected chi connectivity index (χ0v) is 28.9. The number of imide groups is 1. The molecule has 51 heavy (non-hydrogen) atoms. The number of alkyl halides is 3. The Morgan fingerprint density at radius 1 is 1.16 bits per heavy atom. The van der Waals surface area contributed by atoms with Crippen LogP contribution in [0.25, 0.3) is 10.9 Å². The molecule has 1 unspecified atom stereocenters. The largest absolute Gasteiger partial charge is 0.392 e. The molecule has 2 amide bonds. The molecule has 5 N–H and O–H groups in total. The van der Waals surface area contributed by atoms with Gasteiger partial charge in [0.25, 0.3) is 6.43 Å². The van der Waals surface area contributed by atoms with E-state index < -0.39 is 23.7 Å². The summed E-state index contributed by atoms with van der Waals surface area (Å²) in [5.74, 6) is 6.02. The molecule has 4 heterocycles. The number of halogens is 3. The van der Waals surface area contributed by atoms with Gasteiger partial charge >= 0.3 is 0 Å². The maximum Gasteiger partial charge on any atom is 0.288 e. The van der Waals surface area contributed by atoms with Gasteiger partial charge in [0.05, 0.1) is 22.7 Å². The van der Waals surface area contributed by atoms with Crippen molar-refractivity contribution in [3.8, 4) is 11.8 Å². The molecule has 5 aliphatic rings. The number of amides is 2. The van der Waals surface area contributed by atoms with E-state index >= 15 is 4.39 Å². The third-order valence-electron chi connectivity index (χ3n) is 11.2. The van der Waals surface area contributed by atoms with E-state index in [2.05, 4.69) is 32.3 Å². The fraction of sp³-hybridized carbons (Fsp3) is 0.595. The van der Waals surface area contributed by atoms with Crippen LogP contribution in [0, 0.1) is 29.6 Å². The summed E-state index contributed by atoms with van der Waals surface area (Å²) < 4.78 is 52.6. The maximum atomic E-state index is 17.1. The van der Waals surface area contributed by atoms with Crippen molar-refractivity contribution in [1.29, 1.82) is 0 Å². The van der Waals surface area contributed by atoms with Crippen LogP contribution in [0.15, 0.2) is 35.2 Å². The van der Waals surface area contributed by atoms with Gasteiger partial charge in [0.1, 0.15) is 12.3 Å². The quantitative estimate of drug-likeness (QED) is 0.156. The number of nitrogens with two attached hydrogens (primary N) is 2. The lowest BCUT2D eigenvalue weighted by Gasteiger charge is -2.50. The van der Waals surface area contributed by atoms with Gasteiger partial charge in [0.15, 0.2) is 17.6 Å². The Kier molecular flexibility index (Phi) is 9.82. The Balaban J connectivity index is 0.972. The van der Waals surface area contributed by atoms with Crippen molar-refractivity contribution in [3.63, 3.8) is 0 Å². The topological polar surface area (TPSA) is 144 Å². The number of likely N-dealkylation sites (tertiary alicyclic amines) is 1. The van der Waals surface area contributed by atoms with Crippen LogP contribution in [-0.2, 0) is 21.4 Å². The molecule has 1 aromatic heterocycles. The number of para-hydroxylation sites is 1. The Labute approximate surface area is 295 Å². The Hall–Kier alpha value is -4.06. The van der Waals surface area contributed by atoms with Crippen LogP contribution in [0.5, 0.6) is 0 Å². The number of hydrazone groups is 1. The molecule has 7 rings (SSSR count). The number of hydrogen-bond donors (Lipinski definition) is 3. The van der Waals surface area contributed by atoms with E-state index in [0.717, 1.165) is 56.0 Å². The highest BCUT2D eigenvalue weighted by Gasteiger charge is 2.56. The van der Waals surface area contributed by atoms with E-state index in [4.69, 9.17) is 16.2 Å². The number of fused-ring (bicyclic) bond motifs is 1. The Bertz CT molecular complexity index is 1850. The van der Waals surface area contributed by atoms with Crippen molar-refractivity contribution < 1.29 is 32.2 Å². The van der Waals surface area contributed by atoms with Crippen LogP contribution in [0.3, 0.4) is 0 Å². The molecule has 14 heteroatoms. The third-order valence-corrected chi connectivity index (χ3v) is 11.2. The number of allylic oxidation sites excluding steroid dienone is 1. The predicted octanol–water partition coefficient (Wildman–Crippen LogP) is 3.66. The molecule has 0 bridgehead atoms. The molecule has 2 saturated carbocycles. The van der Waals surface area contributed by atoms with Gasteiger partial charge in [-0.3, -0.25) is 24.5 Å². The number of nitrogens with zero attached hydrogens (tertiary/aromatic N) is 5. The van der Waals surface area contributed by atoms with Crippen molar-refractivity contribution in [2.45, 2.75) is 87.9 Å². The summed E-state index contributed by atoms with van der Waals surface area (Å²) in [6, 6.07) is 5.63. The zero-order chi connectivity index (χ0) is 35.9. The smallest absolute Gasteiger partial charge is 0.288 e. The summed E-state index contributed by atoms with van der Waals surface area (Å²) in [5, 5.41) is 11.8. The average Bonchev–Trinajstić information content (AvgIpc) is 3.72. The minimum atomic E-state index is -2.70. The number of nitrogens with one attached hydrogen (secondary N) is 1. The number of carbonyl (C=O) groups excluding carboxylic acids is 2. The minimum Gasteiger partial charge on any atom is -0.392 e. The number of hydrogen-bond acceptors (Lipinski definition) is 8. The first-order chi connectivity index (χ1) is 24.4. The molecule has 2 aromatic rings. The molecule has 4 fully saturated rings. The van der Waals surface area contributed by atoms with E-state index in [1.807, 2.05) is 24.4 Å². The molecule has 0 radical (unpaired) electrons. The molecule has 272 valence electrons.